The van der Waals surface area contributed by atoms with Crippen LogP contribution in [0.2, 0.25) is 0 Å². The molecule has 0 unspecified atom stereocenters. The maximum Gasteiger partial charge on any atom is 0.164 e. The van der Waals surface area contributed by atoms with E-state index in [0.29, 0.717) is 6.04 Å². The molecule has 1 aromatic heterocycles. The third kappa shape index (κ3) is 3.78. The zero-order valence-corrected chi connectivity index (χ0v) is 10.6. The first kappa shape index (κ1) is 12.5. The van der Waals surface area contributed by atoms with E-state index in [0.717, 1.165) is 25.5 Å². The van der Waals surface area contributed by atoms with Crippen LogP contribution in [-0.4, -0.2) is 35.0 Å². The van der Waals surface area contributed by atoms with Gasteiger partial charge < -0.3 is 10.1 Å². The van der Waals surface area contributed by atoms with Gasteiger partial charge in [-0.15, -0.1) is 0 Å². The Hall–Kier alpha value is -0.940. The number of nitrogens with one attached hydrogen (secondary N) is 1. The highest BCUT2D eigenvalue weighted by molar-refractivity contribution is 4.83. The number of nitrogens with zero attached hydrogens (tertiary/aromatic N) is 3. The molecule has 0 bridgehead atoms. The summed E-state index contributed by atoms with van der Waals surface area (Å²) in [5.74, 6) is 0.881. The van der Waals surface area contributed by atoms with Crippen LogP contribution in [0.1, 0.15) is 44.0 Å². The fourth-order valence-electron chi connectivity index (χ4n) is 2.29. The molecule has 96 valence electrons. The third-order valence-corrected chi connectivity index (χ3v) is 3.27. The van der Waals surface area contributed by atoms with Crippen LogP contribution >= 0.6 is 0 Å². The molecule has 5 heteroatoms. The fourth-order valence-corrected chi connectivity index (χ4v) is 2.29. The molecule has 1 heterocycles. The summed E-state index contributed by atoms with van der Waals surface area (Å²) in [6, 6.07) is 0.573. The van der Waals surface area contributed by atoms with Gasteiger partial charge in [0.1, 0.15) is 6.33 Å². The highest BCUT2D eigenvalue weighted by Gasteiger charge is 2.16. The predicted octanol–water partition coefficient (Wildman–Crippen LogP) is 1.52. The Morgan fingerprint density at radius 2 is 2.24 bits per heavy atom. The second-order valence-corrected chi connectivity index (χ2v) is 4.60. The summed E-state index contributed by atoms with van der Waals surface area (Å²) in [5, 5.41) is 7.79. The van der Waals surface area contributed by atoms with Gasteiger partial charge in [0, 0.05) is 13.7 Å². The van der Waals surface area contributed by atoms with Crippen molar-refractivity contribution in [3.63, 3.8) is 0 Å². The first-order valence-corrected chi connectivity index (χ1v) is 6.50. The van der Waals surface area contributed by atoms with Crippen LogP contribution in [0.4, 0.5) is 0 Å². The average molecular weight is 238 g/mol. The highest BCUT2D eigenvalue weighted by atomic mass is 16.5. The highest BCUT2D eigenvalue weighted by Crippen LogP contribution is 2.26. The van der Waals surface area contributed by atoms with Gasteiger partial charge in [-0.1, -0.05) is 19.3 Å². The smallest absolute Gasteiger partial charge is 0.164 e. The van der Waals surface area contributed by atoms with E-state index in [1.807, 2.05) is 11.0 Å². The van der Waals surface area contributed by atoms with Crippen molar-refractivity contribution in [3.8, 4) is 0 Å². The largest absolute Gasteiger partial charge is 0.383 e. The second kappa shape index (κ2) is 6.71. The van der Waals surface area contributed by atoms with Gasteiger partial charge in [0.25, 0.3) is 0 Å². The van der Waals surface area contributed by atoms with Crippen molar-refractivity contribution in [1.29, 1.82) is 0 Å². The minimum atomic E-state index is 0.573. The molecule has 1 aliphatic rings. The van der Waals surface area contributed by atoms with Gasteiger partial charge >= 0.3 is 0 Å². The Kier molecular flexibility index (Phi) is 4.94. The monoisotopic (exact) mass is 238 g/mol. The molecule has 2 rings (SSSR count). The molecule has 0 aliphatic heterocycles. The molecule has 0 atom stereocenters. The van der Waals surface area contributed by atoms with Crippen molar-refractivity contribution in [2.75, 3.05) is 20.3 Å². The topological polar surface area (TPSA) is 52.0 Å². The van der Waals surface area contributed by atoms with Crippen molar-refractivity contribution < 1.29 is 4.74 Å². The normalized spacial score (nSPS) is 17.5. The van der Waals surface area contributed by atoms with E-state index < -0.39 is 0 Å². The van der Waals surface area contributed by atoms with E-state index in [9.17, 15) is 0 Å². The van der Waals surface area contributed by atoms with Gasteiger partial charge in [0.05, 0.1) is 19.2 Å². The fraction of sp³-hybridized carbons (Fsp3) is 0.833. The predicted molar refractivity (Wildman–Crippen MR) is 65.7 cm³/mol. The van der Waals surface area contributed by atoms with Gasteiger partial charge in [0.2, 0.25) is 0 Å². The molecular weight excluding hydrogens is 216 g/mol. The SMILES string of the molecule is COCCNCc1ncn(C2CCCCC2)n1. The van der Waals surface area contributed by atoms with Gasteiger partial charge in [-0.3, -0.25) is 0 Å². The Morgan fingerprint density at radius 1 is 1.41 bits per heavy atom. The van der Waals surface area contributed by atoms with Crippen molar-refractivity contribution in [2.24, 2.45) is 0 Å². The molecule has 1 aliphatic carbocycles. The molecule has 0 aromatic carbocycles. The molecule has 5 nitrogen and oxygen atoms in total. The minimum absolute atomic E-state index is 0.573. The van der Waals surface area contributed by atoms with E-state index in [1.165, 1.54) is 32.1 Å². The van der Waals surface area contributed by atoms with Crippen LogP contribution in [0.3, 0.4) is 0 Å². The molecule has 0 spiro atoms. The summed E-state index contributed by atoms with van der Waals surface area (Å²) < 4.78 is 7.02. The molecule has 1 aromatic rings. The Balaban J connectivity index is 1.78. The molecule has 0 radical (unpaired) electrons. The summed E-state index contributed by atoms with van der Waals surface area (Å²) in [4.78, 5) is 4.34. The van der Waals surface area contributed by atoms with E-state index in [-0.39, 0.29) is 0 Å². The summed E-state index contributed by atoms with van der Waals surface area (Å²) >= 11 is 0. The van der Waals surface area contributed by atoms with Crippen LogP contribution in [0, 0.1) is 0 Å². The Morgan fingerprint density at radius 3 is 3.00 bits per heavy atom. The van der Waals surface area contributed by atoms with Gasteiger partial charge in [0.15, 0.2) is 5.82 Å². The average Bonchev–Trinajstić information content (AvgIpc) is 2.85. The van der Waals surface area contributed by atoms with E-state index in [2.05, 4.69) is 15.4 Å². The summed E-state index contributed by atoms with van der Waals surface area (Å²) in [7, 11) is 1.71. The lowest BCUT2D eigenvalue weighted by molar-refractivity contribution is 0.199. The molecule has 17 heavy (non-hydrogen) atoms. The lowest BCUT2D eigenvalue weighted by atomic mass is 9.96. The first-order valence-electron chi connectivity index (χ1n) is 6.50. The maximum atomic E-state index is 4.97. The molecule has 1 N–H and O–H groups in total. The summed E-state index contributed by atoms with van der Waals surface area (Å²) in [6.45, 7) is 2.29. The maximum absolute atomic E-state index is 4.97. The molecular formula is C12H22N4O. The second-order valence-electron chi connectivity index (χ2n) is 4.60. The number of ether oxygens (including phenoxy) is 1. The Labute approximate surface area is 103 Å². The number of aromatic nitrogens is 3. The zero-order valence-electron chi connectivity index (χ0n) is 10.6. The van der Waals surface area contributed by atoms with Crippen LogP contribution in [0.5, 0.6) is 0 Å². The van der Waals surface area contributed by atoms with Crippen LogP contribution in [-0.2, 0) is 11.3 Å². The third-order valence-electron chi connectivity index (χ3n) is 3.27. The van der Waals surface area contributed by atoms with Gasteiger partial charge in [-0.05, 0) is 12.8 Å². The van der Waals surface area contributed by atoms with Gasteiger partial charge in [-0.25, -0.2) is 9.67 Å². The van der Waals surface area contributed by atoms with Crippen LogP contribution in [0.15, 0.2) is 6.33 Å². The van der Waals surface area contributed by atoms with E-state index in [4.69, 9.17) is 4.74 Å². The first-order chi connectivity index (χ1) is 8.40. The van der Waals surface area contributed by atoms with Crippen LogP contribution in [0.25, 0.3) is 0 Å². The van der Waals surface area contributed by atoms with Crippen molar-refractivity contribution >= 4 is 0 Å². The van der Waals surface area contributed by atoms with Crippen molar-refractivity contribution in [2.45, 2.75) is 44.7 Å². The van der Waals surface area contributed by atoms with Crippen molar-refractivity contribution in [1.82, 2.24) is 20.1 Å². The number of rotatable bonds is 6. The molecule has 1 saturated carbocycles. The standard InChI is InChI=1S/C12H22N4O/c1-17-8-7-13-9-12-14-10-16(15-12)11-5-3-2-4-6-11/h10-11,13H,2-9H2,1H3. The van der Waals surface area contributed by atoms with E-state index in [1.54, 1.807) is 7.11 Å². The Bertz CT molecular complexity index is 320. The molecule has 1 fully saturated rings. The lowest BCUT2D eigenvalue weighted by Crippen LogP contribution is -2.20. The van der Waals surface area contributed by atoms with Crippen LogP contribution < -0.4 is 5.32 Å². The summed E-state index contributed by atoms with van der Waals surface area (Å²) in [6.07, 6.45) is 8.40. The lowest BCUT2D eigenvalue weighted by Gasteiger charge is -2.21. The summed E-state index contributed by atoms with van der Waals surface area (Å²) in [5.41, 5.74) is 0. The minimum Gasteiger partial charge on any atom is -0.383 e. The van der Waals surface area contributed by atoms with E-state index >= 15 is 0 Å². The molecule has 0 amide bonds. The number of methoxy groups -OCH3 is 1. The van der Waals surface area contributed by atoms with Crippen molar-refractivity contribution in [3.05, 3.63) is 12.2 Å². The zero-order chi connectivity index (χ0) is 11.9. The van der Waals surface area contributed by atoms with Gasteiger partial charge in [-0.2, -0.15) is 5.10 Å². The number of hydrogen-bond donors (Lipinski definition) is 1. The number of hydrogen-bond acceptors (Lipinski definition) is 4. The molecule has 0 saturated heterocycles. The quantitative estimate of drug-likeness (QED) is 0.763.